The molecular weight excluding hydrogens is 428 g/mol. The maximum Gasteiger partial charge on any atom is 0.318 e. The molecule has 0 bridgehead atoms. The number of halogens is 1. The van der Waals surface area contributed by atoms with Gasteiger partial charge in [0, 0.05) is 30.4 Å². The van der Waals surface area contributed by atoms with E-state index >= 15 is 0 Å². The number of anilines is 1. The summed E-state index contributed by atoms with van der Waals surface area (Å²) < 4.78 is 1.66. The first kappa shape index (κ1) is 20.7. The van der Waals surface area contributed by atoms with Crippen LogP contribution in [0.25, 0.3) is 5.69 Å². The Kier molecular flexibility index (Phi) is 5.89. The topological polar surface area (TPSA) is 92.1 Å². The molecule has 32 heavy (non-hydrogen) atoms. The van der Waals surface area contributed by atoms with Gasteiger partial charge in [0.15, 0.2) is 5.82 Å². The van der Waals surface area contributed by atoms with Gasteiger partial charge in [0.2, 0.25) is 0 Å². The van der Waals surface area contributed by atoms with Crippen LogP contribution in [0.1, 0.15) is 31.4 Å². The van der Waals surface area contributed by atoms with Crippen molar-refractivity contribution in [2.45, 2.75) is 44.3 Å². The first-order chi connectivity index (χ1) is 15.7. The number of urea groups is 1. The average molecular weight is 453 g/mol. The summed E-state index contributed by atoms with van der Waals surface area (Å²) in [6.07, 6.45) is 7.61. The van der Waals surface area contributed by atoms with E-state index in [2.05, 4.69) is 30.7 Å². The molecule has 1 saturated heterocycles. The molecule has 1 aliphatic heterocycles. The summed E-state index contributed by atoms with van der Waals surface area (Å²) in [5.74, 6) is 0.867. The summed E-state index contributed by atoms with van der Waals surface area (Å²) in [4.78, 5) is 17.4. The Morgan fingerprint density at radius 3 is 2.84 bits per heavy atom. The molecule has 2 amide bonds. The number of aromatic nitrogens is 5. The summed E-state index contributed by atoms with van der Waals surface area (Å²) >= 11 is 6.06. The minimum absolute atomic E-state index is 0.0456. The molecule has 2 fully saturated rings. The van der Waals surface area contributed by atoms with E-state index in [9.17, 15) is 4.79 Å². The van der Waals surface area contributed by atoms with Crippen molar-refractivity contribution in [2.24, 2.45) is 0 Å². The second kappa shape index (κ2) is 9.12. The second-order valence-corrected chi connectivity index (χ2v) is 8.69. The zero-order valence-corrected chi connectivity index (χ0v) is 18.4. The van der Waals surface area contributed by atoms with Crippen molar-refractivity contribution in [1.29, 1.82) is 0 Å². The molecule has 0 spiro atoms. The molecule has 3 heterocycles. The van der Waals surface area contributed by atoms with E-state index in [1.54, 1.807) is 10.9 Å². The van der Waals surface area contributed by atoms with Crippen LogP contribution in [0.3, 0.4) is 0 Å². The van der Waals surface area contributed by atoms with Gasteiger partial charge in [-0.05, 0) is 56.0 Å². The summed E-state index contributed by atoms with van der Waals surface area (Å²) in [5, 5.41) is 20.3. The third-order valence-corrected chi connectivity index (χ3v) is 6.12. The number of hydrogen-bond acceptors (Lipinski definition) is 6. The maximum absolute atomic E-state index is 13.2. The standard InChI is InChI=1S/C22H25ClN8O/c23-16-4-1-5-19(12-16)30-14-17(26-28-30)13-24-22(32)31(18-8-9-18)20-6-3-11-29(15-20)21-7-2-10-25-27-21/h1-2,4-5,7,10,12,14,18,20H,3,6,8-9,11,13,15H2,(H,24,32)/t20-/m1/s1. The number of carbonyl (C=O) groups is 1. The van der Waals surface area contributed by atoms with Crippen LogP contribution < -0.4 is 10.2 Å². The Morgan fingerprint density at radius 1 is 1.16 bits per heavy atom. The zero-order valence-electron chi connectivity index (χ0n) is 17.6. The lowest BCUT2D eigenvalue weighted by Crippen LogP contribution is -2.54. The Labute approximate surface area is 191 Å². The van der Waals surface area contributed by atoms with E-state index in [1.165, 1.54) is 0 Å². The molecule has 2 aromatic heterocycles. The van der Waals surface area contributed by atoms with Gasteiger partial charge in [0.1, 0.15) is 5.69 Å². The third-order valence-electron chi connectivity index (χ3n) is 5.88. The van der Waals surface area contributed by atoms with E-state index in [-0.39, 0.29) is 12.1 Å². The van der Waals surface area contributed by atoms with Crippen LogP contribution in [0.15, 0.2) is 48.8 Å². The Balaban J connectivity index is 1.23. The van der Waals surface area contributed by atoms with Gasteiger partial charge < -0.3 is 15.1 Å². The molecule has 0 radical (unpaired) electrons. The van der Waals surface area contributed by atoms with E-state index in [4.69, 9.17) is 11.6 Å². The highest BCUT2D eigenvalue weighted by Crippen LogP contribution is 2.32. The molecule has 10 heteroatoms. The minimum atomic E-state index is -0.0456. The van der Waals surface area contributed by atoms with Crippen molar-refractivity contribution in [3.8, 4) is 5.69 Å². The summed E-state index contributed by atoms with van der Waals surface area (Å²) in [6, 6.07) is 11.7. The highest BCUT2D eigenvalue weighted by Gasteiger charge is 2.39. The maximum atomic E-state index is 13.2. The number of carbonyl (C=O) groups excluding carboxylic acids is 1. The highest BCUT2D eigenvalue weighted by molar-refractivity contribution is 6.30. The average Bonchev–Trinajstić information content (AvgIpc) is 3.54. The van der Waals surface area contributed by atoms with Gasteiger partial charge in [-0.15, -0.1) is 10.2 Å². The number of nitrogens with one attached hydrogen (secondary N) is 1. The number of amides is 2. The molecule has 1 aliphatic carbocycles. The number of benzene rings is 1. The van der Waals surface area contributed by atoms with Gasteiger partial charge in [-0.2, -0.15) is 5.10 Å². The molecule has 5 rings (SSSR count). The van der Waals surface area contributed by atoms with E-state index in [0.717, 1.165) is 50.3 Å². The second-order valence-electron chi connectivity index (χ2n) is 8.26. The van der Waals surface area contributed by atoms with Gasteiger partial charge in [-0.3, -0.25) is 0 Å². The molecule has 1 N–H and O–H groups in total. The van der Waals surface area contributed by atoms with Crippen molar-refractivity contribution in [3.05, 3.63) is 59.5 Å². The highest BCUT2D eigenvalue weighted by atomic mass is 35.5. The van der Waals surface area contributed by atoms with Crippen LogP contribution in [0.2, 0.25) is 5.02 Å². The molecular formula is C22H25ClN8O. The lowest BCUT2D eigenvalue weighted by atomic mass is 10.0. The van der Waals surface area contributed by atoms with E-state index < -0.39 is 0 Å². The first-order valence-electron chi connectivity index (χ1n) is 10.9. The molecule has 0 unspecified atom stereocenters. The smallest absolute Gasteiger partial charge is 0.318 e. The largest absolute Gasteiger partial charge is 0.353 e. The van der Waals surface area contributed by atoms with Crippen LogP contribution in [0, 0.1) is 0 Å². The van der Waals surface area contributed by atoms with Crippen molar-refractivity contribution in [3.63, 3.8) is 0 Å². The Morgan fingerprint density at radius 2 is 2.06 bits per heavy atom. The lowest BCUT2D eigenvalue weighted by molar-refractivity contribution is 0.160. The molecule has 9 nitrogen and oxygen atoms in total. The van der Waals surface area contributed by atoms with E-state index in [1.807, 2.05) is 47.5 Å². The van der Waals surface area contributed by atoms with Crippen LogP contribution in [-0.2, 0) is 6.54 Å². The minimum Gasteiger partial charge on any atom is -0.353 e. The van der Waals surface area contributed by atoms with Gasteiger partial charge >= 0.3 is 6.03 Å². The lowest BCUT2D eigenvalue weighted by Gasteiger charge is -2.39. The normalized spacial score (nSPS) is 18.4. The fourth-order valence-corrected chi connectivity index (χ4v) is 4.40. The van der Waals surface area contributed by atoms with Crippen molar-refractivity contribution < 1.29 is 4.79 Å². The number of rotatable bonds is 6. The monoisotopic (exact) mass is 452 g/mol. The Bertz CT molecular complexity index is 1070. The van der Waals surface area contributed by atoms with Crippen molar-refractivity contribution in [1.82, 2.24) is 35.4 Å². The third kappa shape index (κ3) is 4.67. The number of piperidine rings is 1. The van der Waals surface area contributed by atoms with Crippen molar-refractivity contribution in [2.75, 3.05) is 18.0 Å². The van der Waals surface area contributed by atoms with Crippen LogP contribution in [0.5, 0.6) is 0 Å². The van der Waals surface area contributed by atoms with Gasteiger partial charge in [0.25, 0.3) is 0 Å². The predicted molar refractivity (Wildman–Crippen MR) is 121 cm³/mol. The molecule has 2 aliphatic rings. The van der Waals surface area contributed by atoms with E-state index in [0.29, 0.717) is 23.3 Å². The molecule has 3 aromatic rings. The molecule has 1 aromatic carbocycles. The van der Waals surface area contributed by atoms with Gasteiger partial charge in [-0.1, -0.05) is 22.9 Å². The quantitative estimate of drug-likeness (QED) is 0.618. The van der Waals surface area contributed by atoms with Gasteiger partial charge in [0.05, 0.1) is 24.5 Å². The summed E-state index contributed by atoms with van der Waals surface area (Å²) in [5.41, 5.74) is 1.52. The fraction of sp³-hybridized carbons (Fsp3) is 0.409. The summed E-state index contributed by atoms with van der Waals surface area (Å²) in [7, 11) is 0. The molecule has 1 atom stereocenters. The van der Waals surface area contributed by atoms with Crippen molar-refractivity contribution >= 4 is 23.4 Å². The van der Waals surface area contributed by atoms with Crippen LogP contribution in [0.4, 0.5) is 10.6 Å². The molecule has 1 saturated carbocycles. The van der Waals surface area contributed by atoms with Gasteiger partial charge in [-0.25, -0.2) is 9.48 Å². The number of nitrogens with zero attached hydrogens (tertiary/aromatic N) is 7. The first-order valence-corrected chi connectivity index (χ1v) is 11.3. The Hall–Kier alpha value is -3.20. The van der Waals surface area contributed by atoms with Crippen LogP contribution in [-0.4, -0.2) is 61.3 Å². The predicted octanol–water partition coefficient (Wildman–Crippen LogP) is 3.05. The number of hydrogen-bond donors (Lipinski definition) is 1. The summed E-state index contributed by atoms with van der Waals surface area (Å²) in [6.45, 7) is 2.03. The molecule has 166 valence electrons. The zero-order chi connectivity index (χ0) is 21.9. The fourth-order valence-electron chi connectivity index (χ4n) is 4.22. The van der Waals surface area contributed by atoms with Crippen LogP contribution >= 0.6 is 11.6 Å². The SMILES string of the molecule is O=C(NCc1cn(-c2cccc(Cl)c2)nn1)N(C1CC1)[C@@H]1CCCN(c2cccnn2)C1.